The number of imide groups is 1. The van der Waals surface area contributed by atoms with Gasteiger partial charge in [-0.15, -0.1) is 0 Å². The van der Waals surface area contributed by atoms with Crippen molar-refractivity contribution in [3.8, 4) is 0 Å². The van der Waals surface area contributed by atoms with Crippen LogP contribution in [-0.2, 0) is 4.79 Å². The van der Waals surface area contributed by atoms with E-state index in [-0.39, 0.29) is 12.5 Å². The minimum Gasteiger partial charge on any atom is -0.351 e. The van der Waals surface area contributed by atoms with Gasteiger partial charge in [0.2, 0.25) is 5.91 Å². The molecule has 2 aliphatic heterocycles. The predicted molar refractivity (Wildman–Crippen MR) is 67.9 cm³/mol. The van der Waals surface area contributed by atoms with Crippen LogP contribution in [-0.4, -0.2) is 48.1 Å². The molecule has 4 N–H and O–H groups in total. The van der Waals surface area contributed by atoms with E-state index < -0.39 is 6.03 Å². The van der Waals surface area contributed by atoms with Crippen LogP contribution in [0.2, 0.25) is 0 Å². The molecule has 0 radical (unpaired) electrons. The summed E-state index contributed by atoms with van der Waals surface area (Å²) in [5, 5.41) is 5.71. The van der Waals surface area contributed by atoms with Gasteiger partial charge in [0, 0.05) is 18.1 Å². The molecule has 2 atom stereocenters. The van der Waals surface area contributed by atoms with Crippen LogP contribution in [0.5, 0.6) is 0 Å². The van der Waals surface area contributed by atoms with Crippen molar-refractivity contribution in [2.75, 3.05) is 13.1 Å². The quantitative estimate of drug-likeness (QED) is 0.647. The van der Waals surface area contributed by atoms with Gasteiger partial charge < -0.3 is 11.1 Å². The molecule has 0 saturated carbocycles. The SMILES string of the molecule is CCN(CC(=O)NC(N)=O)C1CC2CCC(C1)N2. The second kappa shape index (κ2) is 5.67. The first-order valence-corrected chi connectivity index (χ1v) is 6.68. The lowest BCUT2D eigenvalue weighted by Gasteiger charge is -2.36. The molecular weight excluding hydrogens is 232 g/mol. The Bertz CT molecular complexity index is 322. The first-order valence-electron chi connectivity index (χ1n) is 6.68. The molecule has 0 aliphatic carbocycles. The zero-order chi connectivity index (χ0) is 13.1. The minimum atomic E-state index is -0.776. The molecule has 18 heavy (non-hydrogen) atoms. The van der Waals surface area contributed by atoms with Crippen molar-refractivity contribution < 1.29 is 9.59 Å². The average Bonchev–Trinajstić information content (AvgIpc) is 2.64. The number of nitrogens with two attached hydrogens (primary N) is 1. The van der Waals surface area contributed by atoms with E-state index in [0.717, 1.165) is 19.4 Å². The van der Waals surface area contributed by atoms with E-state index in [1.165, 1.54) is 12.8 Å². The molecule has 2 bridgehead atoms. The maximum atomic E-state index is 11.6. The first-order chi connectivity index (χ1) is 8.58. The lowest BCUT2D eigenvalue weighted by molar-refractivity contribution is -0.121. The highest BCUT2D eigenvalue weighted by Gasteiger charge is 2.36. The number of amides is 3. The highest BCUT2D eigenvalue weighted by molar-refractivity contribution is 5.94. The van der Waals surface area contributed by atoms with E-state index in [0.29, 0.717) is 18.1 Å². The normalized spacial score (nSPS) is 30.4. The average molecular weight is 254 g/mol. The zero-order valence-electron chi connectivity index (χ0n) is 10.8. The van der Waals surface area contributed by atoms with Crippen molar-refractivity contribution in [3.63, 3.8) is 0 Å². The van der Waals surface area contributed by atoms with E-state index in [2.05, 4.69) is 15.5 Å². The molecule has 0 aromatic heterocycles. The number of hydrogen-bond acceptors (Lipinski definition) is 4. The predicted octanol–water partition coefficient (Wildman–Crippen LogP) is -0.214. The molecule has 102 valence electrons. The molecular formula is C12H22N4O2. The van der Waals surface area contributed by atoms with Crippen LogP contribution in [0.3, 0.4) is 0 Å². The van der Waals surface area contributed by atoms with Crippen LogP contribution >= 0.6 is 0 Å². The lowest BCUT2D eigenvalue weighted by atomic mass is 9.98. The van der Waals surface area contributed by atoms with Crippen molar-refractivity contribution in [1.29, 1.82) is 0 Å². The summed E-state index contributed by atoms with van der Waals surface area (Å²) < 4.78 is 0. The van der Waals surface area contributed by atoms with Gasteiger partial charge in [-0.1, -0.05) is 6.92 Å². The highest BCUT2D eigenvalue weighted by atomic mass is 16.2. The summed E-state index contributed by atoms with van der Waals surface area (Å²) in [6, 6.07) is 0.859. The summed E-state index contributed by atoms with van der Waals surface area (Å²) in [5.74, 6) is -0.310. The Morgan fingerprint density at radius 2 is 1.94 bits per heavy atom. The monoisotopic (exact) mass is 254 g/mol. The van der Waals surface area contributed by atoms with E-state index >= 15 is 0 Å². The number of carbonyl (C=O) groups excluding carboxylic acids is 2. The van der Waals surface area contributed by atoms with Gasteiger partial charge in [0.25, 0.3) is 0 Å². The number of piperidine rings is 1. The molecule has 0 aromatic rings. The molecule has 2 unspecified atom stereocenters. The van der Waals surface area contributed by atoms with Crippen molar-refractivity contribution in [2.45, 2.75) is 50.7 Å². The number of likely N-dealkylation sites (N-methyl/N-ethyl adjacent to an activating group) is 1. The third-order valence-electron chi connectivity index (χ3n) is 3.98. The van der Waals surface area contributed by atoms with E-state index in [1.807, 2.05) is 6.92 Å². The third kappa shape index (κ3) is 3.20. The summed E-state index contributed by atoms with van der Waals surface area (Å²) in [7, 11) is 0. The summed E-state index contributed by atoms with van der Waals surface area (Å²) in [6.45, 7) is 3.11. The molecule has 6 heteroatoms. The molecule has 2 fully saturated rings. The summed E-state index contributed by atoms with van der Waals surface area (Å²) in [5.41, 5.74) is 4.94. The van der Waals surface area contributed by atoms with Gasteiger partial charge in [-0.25, -0.2) is 4.79 Å². The molecule has 2 rings (SSSR count). The van der Waals surface area contributed by atoms with Crippen LogP contribution in [0.4, 0.5) is 4.79 Å². The number of primary amides is 1. The van der Waals surface area contributed by atoms with E-state index in [9.17, 15) is 9.59 Å². The lowest BCUT2D eigenvalue weighted by Crippen LogP contribution is -2.51. The second-order valence-electron chi connectivity index (χ2n) is 5.24. The number of fused-ring (bicyclic) bond motifs is 2. The number of carbonyl (C=O) groups is 2. The van der Waals surface area contributed by atoms with Gasteiger partial charge in [-0.2, -0.15) is 0 Å². The highest BCUT2D eigenvalue weighted by Crippen LogP contribution is 2.29. The van der Waals surface area contributed by atoms with Crippen molar-refractivity contribution in [1.82, 2.24) is 15.5 Å². The topological polar surface area (TPSA) is 87.5 Å². The Hall–Kier alpha value is -1.14. The van der Waals surface area contributed by atoms with E-state index in [1.54, 1.807) is 0 Å². The largest absolute Gasteiger partial charge is 0.351 e. The Morgan fingerprint density at radius 1 is 1.33 bits per heavy atom. The molecule has 6 nitrogen and oxygen atoms in total. The van der Waals surface area contributed by atoms with Gasteiger partial charge in [-0.05, 0) is 32.2 Å². The van der Waals surface area contributed by atoms with Crippen LogP contribution in [0.25, 0.3) is 0 Å². The molecule has 0 spiro atoms. The first kappa shape index (κ1) is 13.3. The third-order valence-corrected chi connectivity index (χ3v) is 3.98. The van der Waals surface area contributed by atoms with Crippen molar-refractivity contribution in [2.24, 2.45) is 5.73 Å². The van der Waals surface area contributed by atoms with Crippen LogP contribution in [0, 0.1) is 0 Å². The molecule has 2 heterocycles. The van der Waals surface area contributed by atoms with Gasteiger partial charge >= 0.3 is 6.03 Å². The van der Waals surface area contributed by atoms with Gasteiger partial charge in [0.1, 0.15) is 0 Å². The summed E-state index contributed by atoms with van der Waals surface area (Å²) in [6.07, 6.45) is 4.67. The summed E-state index contributed by atoms with van der Waals surface area (Å²) in [4.78, 5) is 24.3. The number of rotatable bonds is 4. The fourth-order valence-electron chi connectivity index (χ4n) is 3.19. The molecule has 2 saturated heterocycles. The van der Waals surface area contributed by atoms with Crippen LogP contribution in [0.15, 0.2) is 0 Å². The van der Waals surface area contributed by atoms with Gasteiger partial charge in [0.15, 0.2) is 0 Å². The van der Waals surface area contributed by atoms with Crippen LogP contribution in [0.1, 0.15) is 32.6 Å². The zero-order valence-corrected chi connectivity index (χ0v) is 10.8. The van der Waals surface area contributed by atoms with E-state index in [4.69, 9.17) is 5.73 Å². The number of urea groups is 1. The minimum absolute atomic E-state index is 0.254. The Kier molecular flexibility index (Phi) is 4.19. The molecule has 0 aromatic carbocycles. The Labute approximate surface area is 107 Å². The number of hydrogen-bond donors (Lipinski definition) is 3. The maximum absolute atomic E-state index is 11.6. The molecule has 2 aliphatic rings. The Balaban J connectivity index is 1.88. The second-order valence-corrected chi connectivity index (χ2v) is 5.24. The van der Waals surface area contributed by atoms with Crippen molar-refractivity contribution >= 4 is 11.9 Å². The maximum Gasteiger partial charge on any atom is 0.318 e. The summed E-state index contributed by atoms with van der Waals surface area (Å²) >= 11 is 0. The Morgan fingerprint density at radius 3 is 2.44 bits per heavy atom. The van der Waals surface area contributed by atoms with Crippen LogP contribution < -0.4 is 16.4 Å². The fourth-order valence-corrected chi connectivity index (χ4v) is 3.19. The standard InChI is InChI=1S/C12H22N4O2/c1-2-16(7-11(17)15-12(13)18)10-5-8-3-4-9(6-10)14-8/h8-10,14H,2-7H2,1H3,(H3,13,15,17,18). The fraction of sp³-hybridized carbons (Fsp3) is 0.833. The number of nitrogens with one attached hydrogen (secondary N) is 2. The molecule has 3 amide bonds. The smallest absolute Gasteiger partial charge is 0.318 e. The van der Waals surface area contributed by atoms with Crippen molar-refractivity contribution in [3.05, 3.63) is 0 Å². The number of nitrogens with zero attached hydrogens (tertiary/aromatic N) is 1. The van der Waals surface area contributed by atoms with Gasteiger partial charge in [-0.3, -0.25) is 15.0 Å². The van der Waals surface area contributed by atoms with Gasteiger partial charge in [0.05, 0.1) is 6.54 Å².